The average molecular weight is 399 g/mol. The van der Waals surface area contributed by atoms with E-state index in [0.29, 0.717) is 17.9 Å². The third kappa shape index (κ3) is 7.69. The van der Waals surface area contributed by atoms with Crippen LogP contribution in [0.1, 0.15) is 52.9 Å². The average Bonchev–Trinajstić information content (AvgIpc) is 3.42. The molecule has 8 nitrogen and oxygen atoms in total. The van der Waals surface area contributed by atoms with Crippen LogP contribution in [0.5, 0.6) is 0 Å². The zero-order valence-electron chi connectivity index (χ0n) is 17.1. The first-order chi connectivity index (χ1) is 13.1. The van der Waals surface area contributed by atoms with Gasteiger partial charge in [-0.25, -0.2) is 0 Å². The second-order valence-corrected chi connectivity index (χ2v) is 7.97. The molecule has 0 spiro atoms. The van der Waals surface area contributed by atoms with Gasteiger partial charge in [0.2, 0.25) is 11.8 Å². The molecule has 0 bridgehead atoms. The predicted octanol–water partition coefficient (Wildman–Crippen LogP) is 0.461. The van der Waals surface area contributed by atoms with Crippen molar-refractivity contribution >= 4 is 17.6 Å². The minimum atomic E-state index is -1.28. The molecule has 1 heterocycles. The minimum Gasteiger partial charge on any atom is -0.394 e. The molecule has 3 atom stereocenters. The van der Waals surface area contributed by atoms with Crippen LogP contribution < -0.4 is 10.6 Å². The molecule has 1 rings (SSSR count). The normalized spacial score (nSPS) is 20.4. The van der Waals surface area contributed by atoms with Crippen LogP contribution in [0.3, 0.4) is 0 Å². The van der Waals surface area contributed by atoms with Gasteiger partial charge >= 0.3 is 0 Å². The number of amides is 2. The first-order valence-electron chi connectivity index (χ1n) is 9.79. The van der Waals surface area contributed by atoms with Gasteiger partial charge in [0.15, 0.2) is 11.4 Å². The summed E-state index contributed by atoms with van der Waals surface area (Å²) >= 11 is 0. The number of Topliss-reactive ketones (excluding diaryl/α,β-unsaturated/α-hetero) is 1. The van der Waals surface area contributed by atoms with E-state index in [0.717, 1.165) is 12.8 Å². The van der Waals surface area contributed by atoms with Crippen LogP contribution in [0.2, 0.25) is 0 Å². The smallest absolute Gasteiger partial charge is 0.245 e. The Bertz CT molecular complexity index is 571. The molecule has 0 aliphatic carbocycles. The highest BCUT2D eigenvalue weighted by Gasteiger charge is 2.54. The molecule has 1 fully saturated rings. The lowest BCUT2D eigenvalue weighted by Crippen LogP contribution is -2.55. The number of aliphatic hydroxyl groups excluding tert-OH is 2. The Labute approximate surface area is 166 Å². The van der Waals surface area contributed by atoms with E-state index in [-0.39, 0.29) is 25.4 Å². The number of unbranched alkanes of at least 4 members (excludes halogenated alkanes) is 1. The fourth-order valence-corrected chi connectivity index (χ4v) is 2.84. The Balaban J connectivity index is 2.61. The summed E-state index contributed by atoms with van der Waals surface area (Å²) in [5, 5.41) is 23.9. The molecule has 1 aliphatic heterocycles. The number of rotatable bonds is 14. The Morgan fingerprint density at radius 1 is 1.14 bits per heavy atom. The van der Waals surface area contributed by atoms with Gasteiger partial charge in [0.05, 0.1) is 25.9 Å². The van der Waals surface area contributed by atoms with E-state index in [2.05, 4.69) is 31.1 Å². The molecule has 1 aliphatic rings. The van der Waals surface area contributed by atoms with E-state index < -0.39 is 42.6 Å². The molecule has 0 aromatic heterocycles. The van der Waals surface area contributed by atoms with Crippen LogP contribution in [0.4, 0.5) is 0 Å². The second-order valence-electron chi connectivity index (χ2n) is 7.97. The highest BCUT2D eigenvalue weighted by Crippen LogP contribution is 2.29. The largest absolute Gasteiger partial charge is 0.394 e. The number of ketones is 1. The summed E-state index contributed by atoms with van der Waals surface area (Å²) in [6.07, 6.45) is 3.09. The molecule has 0 aromatic rings. The molecular weight excluding hydrogens is 364 g/mol. The summed E-state index contributed by atoms with van der Waals surface area (Å²) in [6, 6.07) is -2.10. The van der Waals surface area contributed by atoms with Gasteiger partial charge in [0.1, 0.15) is 6.04 Å². The molecule has 0 aromatic carbocycles. The summed E-state index contributed by atoms with van der Waals surface area (Å²) in [4.78, 5) is 37.1. The summed E-state index contributed by atoms with van der Waals surface area (Å²) in [5.74, 6) is -0.855. The lowest BCUT2D eigenvalue weighted by molar-refractivity contribution is -0.134. The van der Waals surface area contributed by atoms with E-state index >= 15 is 0 Å². The van der Waals surface area contributed by atoms with Gasteiger partial charge in [-0.15, -0.1) is 6.58 Å². The molecule has 4 N–H and O–H groups in total. The number of hydrogen-bond donors (Lipinski definition) is 4. The molecule has 0 radical (unpaired) electrons. The summed E-state index contributed by atoms with van der Waals surface area (Å²) in [6.45, 7) is 8.75. The van der Waals surface area contributed by atoms with Crippen molar-refractivity contribution in [2.24, 2.45) is 5.92 Å². The predicted molar refractivity (Wildman–Crippen MR) is 104 cm³/mol. The lowest BCUT2D eigenvalue weighted by atomic mass is 9.94. The standard InChI is InChI=1S/C20H34N2O6/c1-13(2)7-5-6-8-17(25)21-16(10-23)19(27)22-15(9-14(3)4)18(26)20(11-24)12-28-20/h13,15-16,23-24H,3,5-12H2,1-2,4H3,(H,21,25)(H,22,27)/t15-,16-,20+/m0/s1. The number of carbonyl (C=O) groups is 3. The zero-order valence-corrected chi connectivity index (χ0v) is 17.1. The zero-order chi connectivity index (χ0) is 21.3. The lowest BCUT2D eigenvalue weighted by Gasteiger charge is -2.23. The van der Waals surface area contributed by atoms with Crippen molar-refractivity contribution in [1.29, 1.82) is 0 Å². The van der Waals surface area contributed by atoms with Gasteiger partial charge in [0.25, 0.3) is 0 Å². The van der Waals surface area contributed by atoms with Crippen LogP contribution in [0.15, 0.2) is 12.2 Å². The molecule has 0 saturated carbocycles. The van der Waals surface area contributed by atoms with Crippen molar-refractivity contribution in [3.63, 3.8) is 0 Å². The Morgan fingerprint density at radius 2 is 1.79 bits per heavy atom. The van der Waals surface area contributed by atoms with E-state index in [4.69, 9.17) is 4.74 Å². The van der Waals surface area contributed by atoms with Gasteiger partial charge in [0, 0.05) is 6.42 Å². The third-order valence-electron chi connectivity index (χ3n) is 4.65. The van der Waals surface area contributed by atoms with Crippen molar-refractivity contribution in [3.05, 3.63) is 12.2 Å². The van der Waals surface area contributed by atoms with Crippen molar-refractivity contribution < 1.29 is 29.3 Å². The molecule has 28 heavy (non-hydrogen) atoms. The van der Waals surface area contributed by atoms with Gasteiger partial charge in [-0.1, -0.05) is 32.3 Å². The number of nitrogens with one attached hydrogen (secondary N) is 2. The molecule has 2 amide bonds. The van der Waals surface area contributed by atoms with Crippen LogP contribution in [0.25, 0.3) is 0 Å². The number of ether oxygens (including phenoxy) is 1. The minimum absolute atomic E-state index is 0.0986. The fraction of sp³-hybridized carbons (Fsp3) is 0.750. The maximum Gasteiger partial charge on any atom is 0.245 e. The van der Waals surface area contributed by atoms with Gasteiger partial charge in [-0.2, -0.15) is 0 Å². The first kappa shape index (κ1) is 24.3. The van der Waals surface area contributed by atoms with E-state index in [1.54, 1.807) is 6.92 Å². The number of epoxide rings is 1. The second kappa shape index (κ2) is 11.3. The molecule has 8 heteroatoms. The summed E-state index contributed by atoms with van der Waals surface area (Å²) < 4.78 is 5.07. The van der Waals surface area contributed by atoms with Crippen molar-refractivity contribution in [1.82, 2.24) is 10.6 Å². The maximum absolute atomic E-state index is 12.6. The SMILES string of the molecule is C=C(C)C[C@H](NC(=O)[C@H](CO)NC(=O)CCCCC(C)C)C(=O)[C@@]1(CO)CO1. The van der Waals surface area contributed by atoms with Crippen molar-refractivity contribution in [2.75, 3.05) is 19.8 Å². The number of carbonyl (C=O) groups excluding carboxylic acids is 3. The summed E-state index contributed by atoms with van der Waals surface area (Å²) in [7, 11) is 0. The van der Waals surface area contributed by atoms with Gasteiger partial charge < -0.3 is 25.6 Å². The Hall–Kier alpha value is -1.77. The fourth-order valence-electron chi connectivity index (χ4n) is 2.84. The van der Waals surface area contributed by atoms with Gasteiger partial charge in [-0.05, 0) is 25.7 Å². The Kier molecular flexibility index (Phi) is 9.78. The van der Waals surface area contributed by atoms with Crippen LogP contribution >= 0.6 is 0 Å². The summed E-state index contributed by atoms with van der Waals surface area (Å²) in [5.41, 5.74) is -0.607. The quantitative estimate of drug-likeness (QED) is 0.191. The first-order valence-corrected chi connectivity index (χ1v) is 9.79. The maximum atomic E-state index is 12.6. The highest BCUT2D eigenvalue weighted by molar-refractivity contribution is 5.98. The van der Waals surface area contributed by atoms with E-state index in [9.17, 15) is 24.6 Å². The Morgan fingerprint density at radius 3 is 2.25 bits per heavy atom. The third-order valence-corrected chi connectivity index (χ3v) is 4.65. The molecule has 0 unspecified atom stereocenters. The van der Waals surface area contributed by atoms with Crippen molar-refractivity contribution in [2.45, 2.75) is 70.6 Å². The van der Waals surface area contributed by atoms with Crippen LogP contribution in [-0.2, 0) is 19.1 Å². The monoisotopic (exact) mass is 398 g/mol. The van der Waals surface area contributed by atoms with Crippen molar-refractivity contribution in [3.8, 4) is 0 Å². The topological polar surface area (TPSA) is 128 Å². The molecule has 1 saturated heterocycles. The molecular formula is C20H34N2O6. The van der Waals surface area contributed by atoms with E-state index in [1.165, 1.54) is 0 Å². The van der Waals surface area contributed by atoms with Crippen LogP contribution in [-0.4, -0.2) is 65.3 Å². The highest BCUT2D eigenvalue weighted by atomic mass is 16.6. The van der Waals surface area contributed by atoms with E-state index in [1.807, 2.05) is 0 Å². The number of hydrogen-bond acceptors (Lipinski definition) is 6. The number of aliphatic hydroxyl groups is 2. The van der Waals surface area contributed by atoms with Crippen LogP contribution in [0, 0.1) is 5.92 Å². The molecule has 160 valence electrons. The van der Waals surface area contributed by atoms with Gasteiger partial charge in [-0.3, -0.25) is 14.4 Å².